The maximum atomic E-state index is 5.94. The van der Waals surface area contributed by atoms with Crippen LogP contribution in [0.4, 0.5) is 5.69 Å². The molecule has 1 aliphatic rings. The summed E-state index contributed by atoms with van der Waals surface area (Å²) in [7, 11) is 1.99. The molecule has 1 atom stereocenters. The van der Waals surface area contributed by atoms with Crippen molar-refractivity contribution >= 4 is 17.3 Å². The van der Waals surface area contributed by atoms with Crippen LogP contribution in [-0.4, -0.2) is 13.6 Å². The summed E-state index contributed by atoms with van der Waals surface area (Å²) in [6.45, 7) is 1.03. The van der Waals surface area contributed by atoms with E-state index in [-0.39, 0.29) is 0 Å². The van der Waals surface area contributed by atoms with E-state index in [4.69, 9.17) is 11.6 Å². The predicted molar refractivity (Wildman–Crippen MR) is 56.4 cm³/mol. The van der Waals surface area contributed by atoms with Gasteiger partial charge in [-0.05, 0) is 37.2 Å². The third-order valence-electron chi connectivity index (χ3n) is 2.49. The van der Waals surface area contributed by atoms with Gasteiger partial charge in [0.2, 0.25) is 0 Å². The highest BCUT2D eigenvalue weighted by Crippen LogP contribution is 2.31. The lowest BCUT2D eigenvalue weighted by Gasteiger charge is -2.26. The van der Waals surface area contributed by atoms with E-state index in [0.29, 0.717) is 6.04 Å². The van der Waals surface area contributed by atoms with Gasteiger partial charge < -0.3 is 10.6 Å². The van der Waals surface area contributed by atoms with Crippen LogP contribution in [0.2, 0.25) is 5.02 Å². The molecule has 0 amide bonds. The maximum absolute atomic E-state index is 5.94. The Morgan fingerprint density at radius 3 is 3.15 bits per heavy atom. The minimum Gasteiger partial charge on any atom is -0.385 e. The van der Waals surface area contributed by atoms with Crippen LogP contribution in [0.3, 0.4) is 0 Å². The SMILES string of the molecule is CNC1CCNc2ccc(Cl)cc21. The molecule has 0 saturated heterocycles. The van der Waals surface area contributed by atoms with Crippen LogP contribution in [-0.2, 0) is 0 Å². The van der Waals surface area contributed by atoms with Gasteiger partial charge in [-0.1, -0.05) is 11.6 Å². The van der Waals surface area contributed by atoms with Gasteiger partial charge in [0.15, 0.2) is 0 Å². The van der Waals surface area contributed by atoms with E-state index in [9.17, 15) is 0 Å². The molecule has 0 aromatic heterocycles. The minimum absolute atomic E-state index is 0.440. The Morgan fingerprint density at radius 1 is 1.54 bits per heavy atom. The number of nitrogens with one attached hydrogen (secondary N) is 2. The van der Waals surface area contributed by atoms with E-state index in [1.165, 1.54) is 11.3 Å². The molecule has 70 valence electrons. The quantitative estimate of drug-likeness (QED) is 0.721. The first-order valence-corrected chi connectivity index (χ1v) is 4.89. The van der Waals surface area contributed by atoms with Crippen LogP contribution in [0.15, 0.2) is 18.2 Å². The topological polar surface area (TPSA) is 24.1 Å². The van der Waals surface area contributed by atoms with Crippen LogP contribution in [0.1, 0.15) is 18.0 Å². The summed E-state index contributed by atoms with van der Waals surface area (Å²) in [5.41, 5.74) is 2.48. The molecular formula is C10H13ClN2. The largest absolute Gasteiger partial charge is 0.385 e. The Morgan fingerprint density at radius 2 is 2.38 bits per heavy atom. The van der Waals surface area contributed by atoms with Crippen molar-refractivity contribution in [2.75, 3.05) is 18.9 Å². The number of hydrogen-bond acceptors (Lipinski definition) is 2. The Hall–Kier alpha value is -0.730. The van der Waals surface area contributed by atoms with Gasteiger partial charge in [0, 0.05) is 23.3 Å². The van der Waals surface area contributed by atoms with Crippen molar-refractivity contribution in [2.24, 2.45) is 0 Å². The van der Waals surface area contributed by atoms with Crippen LogP contribution >= 0.6 is 11.6 Å². The summed E-state index contributed by atoms with van der Waals surface area (Å²) in [6, 6.07) is 6.44. The summed E-state index contributed by atoms with van der Waals surface area (Å²) >= 11 is 5.94. The lowest BCUT2D eigenvalue weighted by Crippen LogP contribution is -2.25. The second kappa shape index (κ2) is 3.56. The van der Waals surface area contributed by atoms with E-state index in [2.05, 4.69) is 10.6 Å². The molecule has 3 heteroatoms. The third kappa shape index (κ3) is 1.64. The minimum atomic E-state index is 0.440. The smallest absolute Gasteiger partial charge is 0.0410 e. The number of rotatable bonds is 1. The fourth-order valence-corrected chi connectivity index (χ4v) is 1.97. The summed E-state index contributed by atoms with van der Waals surface area (Å²) in [4.78, 5) is 0. The second-order valence-corrected chi connectivity index (χ2v) is 3.72. The van der Waals surface area contributed by atoms with Gasteiger partial charge in [-0.25, -0.2) is 0 Å². The van der Waals surface area contributed by atoms with Crippen molar-refractivity contribution < 1.29 is 0 Å². The molecule has 0 aliphatic carbocycles. The van der Waals surface area contributed by atoms with Crippen molar-refractivity contribution in [1.82, 2.24) is 5.32 Å². The number of anilines is 1. The number of hydrogen-bond donors (Lipinski definition) is 2. The number of benzene rings is 1. The van der Waals surface area contributed by atoms with E-state index in [0.717, 1.165) is 18.0 Å². The maximum Gasteiger partial charge on any atom is 0.0410 e. The van der Waals surface area contributed by atoms with E-state index in [1.807, 2.05) is 25.2 Å². The monoisotopic (exact) mass is 196 g/mol. The molecule has 2 rings (SSSR count). The Labute approximate surface area is 83.3 Å². The normalized spacial score (nSPS) is 20.6. The van der Waals surface area contributed by atoms with E-state index in [1.54, 1.807) is 0 Å². The average molecular weight is 197 g/mol. The van der Waals surface area contributed by atoms with Gasteiger partial charge in [0.1, 0.15) is 0 Å². The molecule has 1 unspecified atom stereocenters. The third-order valence-corrected chi connectivity index (χ3v) is 2.72. The predicted octanol–water partition coefficient (Wildman–Crippen LogP) is 2.42. The Bertz CT molecular complexity index is 312. The fraction of sp³-hybridized carbons (Fsp3) is 0.400. The van der Waals surface area contributed by atoms with Gasteiger partial charge in [-0.3, -0.25) is 0 Å². The van der Waals surface area contributed by atoms with E-state index < -0.39 is 0 Å². The summed E-state index contributed by atoms with van der Waals surface area (Å²) in [6.07, 6.45) is 1.11. The molecule has 0 bridgehead atoms. The van der Waals surface area contributed by atoms with Gasteiger partial charge in [0.25, 0.3) is 0 Å². The molecule has 13 heavy (non-hydrogen) atoms. The Kier molecular flexibility index (Phi) is 2.42. The van der Waals surface area contributed by atoms with Crippen molar-refractivity contribution in [3.05, 3.63) is 28.8 Å². The van der Waals surface area contributed by atoms with Gasteiger partial charge in [-0.15, -0.1) is 0 Å². The molecule has 2 nitrogen and oxygen atoms in total. The molecule has 0 saturated carbocycles. The van der Waals surface area contributed by atoms with Crippen molar-refractivity contribution in [3.8, 4) is 0 Å². The van der Waals surface area contributed by atoms with Gasteiger partial charge in [0.05, 0.1) is 0 Å². The van der Waals surface area contributed by atoms with Crippen molar-refractivity contribution in [2.45, 2.75) is 12.5 Å². The molecule has 0 spiro atoms. The highest BCUT2D eigenvalue weighted by Gasteiger charge is 2.17. The molecule has 1 heterocycles. The molecule has 0 radical (unpaired) electrons. The highest BCUT2D eigenvalue weighted by molar-refractivity contribution is 6.30. The first-order valence-electron chi connectivity index (χ1n) is 4.52. The van der Waals surface area contributed by atoms with Gasteiger partial charge in [-0.2, -0.15) is 0 Å². The summed E-state index contributed by atoms with van der Waals surface area (Å²) < 4.78 is 0. The fourth-order valence-electron chi connectivity index (χ4n) is 1.79. The van der Waals surface area contributed by atoms with Crippen LogP contribution < -0.4 is 10.6 Å². The highest BCUT2D eigenvalue weighted by atomic mass is 35.5. The molecule has 0 fully saturated rings. The first-order chi connectivity index (χ1) is 6.31. The molecule has 2 N–H and O–H groups in total. The van der Waals surface area contributed by atoms with Crippen LogP contribution in [0.25, 0.3) is 0 Å². The van der Waals surface area contributed by atoms with Crippen molar-refractivity contribution in [1.29, 1.82) is 0 Å². The van der Waals surface area contributed by atoms with Crippen molar-refractivity contribution in [3.63, 3.8) is 0 Å². The van der Waals surface area contributed by atoms with Crippen LogP contribution in [0, 0.1) is 0 Å². The van der Waals surface area contributed by atoms with Gasteiger partial charge >= 0.3 is 0 Å². The zero-order chi connectivity index (χ0) is 9.26. The van der Waals surface area contributed by atoms with E-state index >= 15 is 0 Å². The number of fused-ring (bicyclic) bond motifs is 1. The lowest BCUT2D eigenvalue weighted by molar-refractivity contribution is 0.551. The molecular weight excluding hydrogens is 184 g/mol. The second-order valence-electron chi connectivity index (χ2n) is 3.29. The lowest BCUT2D eigenvalue weighted by atomic mass is 9.98. The molecule has 1 aliphatic heterocycles. The average Bonchev–Trinajstić information content (AvgIpc) is 2.17. The molecule has 1 aromatic carbocycles. The zero-order valence-electron chi connectivity index (χ0n) is 7.60. The summed E-state index contributed by atoms with van der Waals surface area (Å²) in [5.74, 6) is 0. The Balaban J connectivity index is 2.41. The van der Waals surface area contributed by atoms with Crippen LogP contribution in [0.5, 0.6) is 0 Å². The standard InChI is InChI=1S/C10H13ClN2/c1-12-9-4-5-13-10-3-2-7(11)6-8(9)10/h2-3,6,9,12-13H,4-5H2,1H3. The molecule has 1 aromatic rings. The first kappa shape index (κ1) is 8.85. The number of halogens is 1. The summed E-state index contributed by atoms with van der Waals surface area (Å²) in [5, 5.41) is 7.45. The zero-order valence-corrected chi connectivity index (χ0v) is 8.36.